The summed E-state index contributed by atoms with van der Waals surface area (Å²) in [4.78, 5) is -0.182. The molecule has 6 heteroatoms. The van der Waals surface area contributed by atoms with Crippen LogP contribution in [-0.4, -0.2) is 26.2 Å². The van der Waals surface area contributed by atoms with E-state index in [0.717, 1.165) is 12.8 Å². The minimum Gasteiger partial charge on any atom is -0.493 e. The fourth-order valence-corrected chi connectivity index (χ4v) is 4.65. The molecule has 26 heavy (non-hydrogen) atoms. The summed E-state index contributed by atoms with van der Waals surface area (Å²) in [7, 11) is -4.32. The van der Waals surface area contributed by atoms with E-state index in [2.05, 4.69) is 0 Å². The van der Waals surface area contributed by atoms with E-state index in [9.17, 15) is 13.0 Å². The molecular formula is C20H30O5S. The standard InChI is InChI=1S/C20H30O5S/c21-26(22,23)20-12-11-18(24-14-16-7-3-1-4-8-16)13-19(20)25-15-17-9-5-2-6-10-17/h11-13,16-17H,1-10,14-15H2,(H,21,22,23). The van der Waals surface area contributed by atoms with Crippen molar-refractivity contribution in [3.05, 3.63) is 18.2 Å². The van der Waals surface area contributed by atoms with Gasteiger partial charge in [0.15, 0.2) is 0 Å². The van der Waals surface area contributed by atoms with Crippen molar-refractivity contribution in [1.82, 2.24) is 0 Å². The molecule has 0 aliphatic heterocycles. The first-order valence-electron chi connectivity index (χ1n) is 9.89. The molecular weight excluding hydrogens is 352 g/mol. The lowest BCUT2D eigenvalue weighted by atomic mass is 9.90. The predicted molar refractivity (Wildman–Crippen MR) is 100 cm³/mol. The van der Waals surface area contributed by atoms with E-state index in [1.165, 1.54) is 57.4 Å². The second-order valence-corrected chi connectivity index (χ2v) is 9.10. The molecule has 3 rings (SSSR count). The normalized spacial score (nSPS) is 20.0. The maximum atomic E-state index is 11.7. The van der Waals surface area contributed by atoms with Gasteiger partial charge < -0.3 is 9.47 Å². The highest BCUT2D eigenvalue weighted by atomic mass is 32.2. The summed E-state index contributed by atoms with van der Waals surface area (Å²) in [5.74, 6) is 1.81. The third-order valence-corrected chi connectivity index (χ3v) is 6.50. The quantitative estimate of drug-likeness (QED) is 0.682. The molecule has 0 saturated heterocycles. The first-order chi connectivity index (χ1) is 12.5. The van der Waals surface area contributed by atoms with Gasteiger partial charge in [0.1, 0.15) is 16.4 Å². The number of rotatable bonds is 7. The molecule has 2 fully saturated rings. The molecule has 0 unspecified atom stereocenters. The van der Waals surface area contributed by atoms with Crippen LogP contribution in [0.4, 0.5) is 0 Å². The van der Waals surface area contributed by atoms with Crippen molar-refractivity contribution >= 4 is 10.1 Å². The van der Waals surface area contributed by atoms with Gasteiger partial charge in [-0.25, -0.2) is 0 Å². The van der Waals surface area contributed by atoms with Crippen LogP contribution in [0.3, 0.4) is 0 Å². The SMILES string of the molecule is O=S(=O)(O)c1ccc(OCC2CCCCC2)cc1OCC1CCCCC1. The second-order valence-electron chi connectivity index (χ2n) is 7.71. The Labute approximate surface area is 156 Å². The van der Waals surface area contributed by atoms with Crippen molar-refractivity contribution < 1.29 is 22.4 Å². The Balaban J connectivity index is 1.66. The summed E-state index contributed by atoms with van der Waals surface area (Å²) in [6.45, 7) is 1.13. The van der Waals surface area contributed by atoms with Gasteiger partial charge in [0.25, 0.3) is 10.1 Å². The third kappa shape index (κ3) is 5.61. The molecule has 5 nitrogen and oxygen atoms in total. The molecule has 1 aromatic rings. The second kappa shape index (κ2) is 9.09. The first-order valence-corrected chi connectivity index (χ1v) is 11.3. The third-order valence-electron chi connectivity index (χ3n) is 5.60. The number of ether oxygens (including phenoxy) is 2. The molecule has 0 atom stereocenters. The molecule has 0 heterocycles. The van der Waals surface area contributed by atoms with Crippen LogP contribution in [0.15, 0.2) is 23.1 Å². The van der Waals surface area contributed by atoms with Crippen LogP contribution in [0.2, 0.25) is 0 Å². The lowest BCUT2D eigenvalue weighted by Crippen LogP contribution is -2.17. The maximum absolute atomic E-state index is 11.7. The molecule has 0 aromatic heterocycles. The molecule has 1 N–H and O–H groups in total. The van der Waals surface area contributed by atoms with Crippen molar-refractivity contribution in [1.29, 1.82) is 0 Å². The molecule has 0 amide bonds. The van der Waals surface area contributed by atoms with E-state index in [1.807, 2.05) is 0 Å². The Hall–Kier alpha value is -1.27. The Kier molecular flexibility index (Phi) is 6.81. The summed E-state index contributed by atoms with van der Waals surface area (Å²) in [5, 5.41) is 0. The van der Waals surface area contributed by atoms with Gasteiger partial charge in [-0.05, 0) is 49.7 Å². The van der Waals surface area contributed by atoms with Crippen molar-refractivity contribution in [2.24, 2.45) is 11.8 Å². The minimum atomic E-state index is -4.32. The fraction of sp³-hybridized carbons (Fsp3) is 0.700. The Morgan fingerprint density at radius 3 is 1.92 bits per heavy atom. The minimum absolute atomic E-state index is 0.182. The zero-order chi connectivity index (χ0) is 18.4. The van der Waals surface area contributed by atoms with Gasteiger partial charge in [0.05, 0.1) is 13.2 Å². The number of benzene rings is 1. The zero-order valence-corrected chi connectivity index (χ0v) is 16.2. The zero-order valence-electron chi connectivity index (χ0n) is 15.4. The van der Waals surface area contributed by atoms with Crippen LogP contribution in [-0.2, 0) is 10.1 Å². The van der Waals surface area contributed by atoms with Gasteiger partial charge in [-0.1, -0.05) is 38.5 Å². The molecule has 2 aliphatic rings. The van der Waals surface area contributed by atoms with E-state index >= 15 is 0 Å². The van der Waals surface area contributed by atoms with Crippen molar-refractivity contribution in [3.8, 4) is 11.5 Å². The van der Waals surface area contributed by atoms with E-state index < -0.39 is 10.1 Å². The summed E-state index contributed by atoms with van der Waals surface area (Å²) in [5.41, 5.74) is 0. The monoisotopic (exact) mass is 382 g/mol. The molecule has 0 bridgehead atoms. The maximum Gasteiger partial charge on any atom is 0.298 e. The molecule has 2 saturated carbocycles. The average molecular weight is 383 g/mol. The van der Waals surface area contributed by atoms with Crippen molar-refractivity contribution in [3.63, 3.8) is 0 Å². The van der Waals surface area contributed by atoms with E-state index in [0.29, 0.717) is 30.8 Å². The summed E-state index contributed by atoms with van der Waals surface area (Å²) >= 11 is 0. The van der Waals surface area contributed by atoms with Crippen molar-refractivity contribution in [2.45, 2.75) is 69.1 Å². The largest absolute Gasteiger partial charge is 0.493 e. The highest BCUT2D eigenvalue weighted by Gasteiger charge is 2.21. The Morgan fingerprint density at radius 2 is 1.38 bits per heavy atom. The van der Waals surface area contributed by atoms with E-state index in [-0.39, 0.29) is 10.6 Å². The van der Waals surface area contributed by atoms with Crippen LogP contribution in [0, 0.1) is 11.8 Å². The molecule has 1 aromatic carbocycles. The highest BCUT2D eigenvalue weighted by molar-refractivity contribution is 7.86. The molecule has 0 radical (unpaired) electrons. The Morgan fingerprint density at radius 1 is 0.846 bits per heavy atom. The van der Waals surface area contributed by atoms with Crippen molar-refractivity contribution in [2.75, 3.05) is 13.2 Å². The number of hydrogen-bond donors (Lipinski definition) is 1. The van der Waals surface area contributed by atoms with Crippen LogP contribution < -0.4 is 9.47 Å². The summed E-state index contributed by atoms with van der Waals surface area (Å²) in [6.07, 6.45) is 12.1. The lowest BCUT2D eigenvalue weighted by molar-refractivity contribution is 0.197. The summed E-state index contributed by atoms with van der Waals surface area (Å²) in [6, 6.07) is 4.58. The topological polar surface area (TPSA) is 72.8 Å². The fourth-order valence-electron chi connectivity index (χ4n) is 4.03. The van der Waals surface area contributed by atoms with Crippen LogP contribution in [0.5, 0.6) is 11.5 Å². The lowest BCUT2D eigenvalue weighted by Gasteiger charge is -2.23. The predicted octanol–water partition coefficient (Wildman–Crippen LogP) is 4.85. The van der Waals surface area contributed by atoms with Gasteiger partial charge in [0.2, 0.25) is 0 Å². The molecule has 2 aliphatic carbocycles. The number of hydrogen-bond acceptors (Lipinski definition) is 4. The first kappa shape index (κ1) is 19.5. The van der Waals surface area contributed by atoms with Crippen LogP contribution in [0.25, 0.3) is 0 Å². The van der Waals surface area contributed by atoms with Gasteiger partial charge in [-0.3, -0.25) is 4.55 Å². The average Bonchev–Trinajstić information content (AvgIpc) is 2.65. The van der Waals surface area contributed by atoms with Crippen LogP contribution >= 0.6 is 0 Å². The van der Waals surface area contributed by atoms with Gasteiger partial charge in [0, 0.05) is 6.07 Å². The van der Waals surface area contributed by atoms with Gasteiger partial charge in [-0.15, -0.1) is 0 Å². The van der Waals surface area contributed by atoms with E-state index in [1.54, 1.807) is 12.1 Å². The van der Waals surface area contributed by atoms with Gasteiger partial charge in [-0.2, -0.15) is 8.42 Å². The van der Waals surface area contributed by atoms with Gasteiger partial charge >= 0.3 is 0 Å². The molecule has 0 spiro atoms. The van der Waals surface area contributed by atoms with Crippen LogP contribution in [0.1, 0.15) is 64.2 Å². The Bertz CT molecular complexity index is 673. The molecule has 146 valence electrons. The van der Waals surface area contributed by atoms with E-state index in [4.69, 9.17) is 9.47 Å². The summed E-state index contributed by atoms with van der Waals surface area (Å²) < 4.78 is 44.5. The smallest absolute Gasteiger partial charge is 0.298 e. The highest BCUT2D eigenvalue weighted by Crippen LogP contribution is 2.32.